The lowest BCUT2D eigenvalue weighted by atomic mass is 9.64. The van der Waals surface area contributed by atoms with Gasteiger partial charge in [0.15, 0.2) is 5.78 Å². The lowest BCUT2D eigenvalue weighted by Crippen LogP contribution is -2.36. The molecule has 0 bridgehead atoms. The van der Waals surface area contributed by atoms with Gasteiger partial charge in [0.1, 0.15) is 17.6 Å². The number of fused-ring (bicyclic) bond motifs is 4. The van der Waals surface area contributed by atoms with Crippen LogP contribution in [0, 0.1) is 17.3 Å². The highest BCUT2D eigenvalue weighted by atomic mass is 16.5. The van der Waals surface area contributed by atoms with Crippen molar-refractivity contribution in [3.05, 3.63) is 52.6 Å². The summed E-state index contributed by atoms with van der Waals surface area (Å²) in [5, 5.41) is 0. The molecule has 4 atom stereocenters. The first kappa shape index (κ1) is 18.8. The standard InChI is InChI=1S/C25H28O4/c1-25-14-29-24(15-3-7-18(28-2)8-4-15)23-19-10-6-17(26)13-16(19)5-9-20(23)21(25)11-12-22(25)27/h3-4,7-8,13,20-21,24H,5-6,9-12,14H2,1-2H3/t20?,21?,24-,25?/m0/s1. The second-order valence-electron chi connectivity index (χ2n) is 9.16. The number of Topliss-reactive ketones (excluding diaryl/α,β-unsaturated/α-hetero) is 1. The van der Waals surface area contributed by atoms with E-state index in [4.69, 9.17) is 9.47 Å². The fraction of sp³-hybridized carbons (Fsp3) is 0.520. The molecule has 1 aliphatic heterocycles. The molecule has 4 heteroatoms. The van der Waals surface area contributed by atoms with Gasteiger partial charge < -0.3 is 9.47 Å². The van der Waals surface area contributed by atoms with Crippen LogP contribution in [0.15, 0.2) is 47.1 Å². The van der Waals surface area contributed by atoms with Gasteiger partial charge in [-0.25, -0.2) is 0 Å². The Morgan fingerprint density at radius 2 is 1.83 bits per heavy atom. The Kier molecular flexibility index (Phi) is 4.50. The predicted molar refractivity (Wildman–Crippen MR) is 110 cm³/mol. The summed E-state index contributed by atoms with van der Waals surface area (Å²) in [7, 11) is 1.67. The molecular formula is C25H28O4. The topological polar surface area (TPSA) is 52.6 Å². The van der Waals surface area contributed by atoms with Gasteiger partial charge in [0, 0.05) is 12.8 Å². The van der Waals surface area contributed by atoms with E-state index < -0.39 is 5.41 Å². The van der Waals surface area contributed by atoms with E-state index in [1.807, 2.05) is 18.2 Å². The summed E-state index contributed by atoms with van der Waals surface area (Å²) in [6.07, 6.45) is 6.62. The van der Waals surface area contributed by atoms with Gasteiger partial charge in [-0.15, -0.1) is 0 Å². The van der Waals surface area contributed by atoms with Gasteiger partial charge in [-0.1, -0.05) is 19.1 Å². The minimum Gasteiger partial charge on any atom is -0.497 e. The van der Waals surface area contributed by atoms with Crippen molar-refractivity contribution in [2.45, 2.75) is 51.6 Å². The van der Waals surface area contributed by atoms with Crippen molar-refractivity contribution in [1.29, 1.82) is 0 Å². The maximum atomic E-state index is 12.8. The molecule has 0 aromatic heterocycles. The molecule has 1 saturated carbocycles. The molecule has 5 rings (SSSR count). The molecule has 4 aliphatic rings. The monoisotopic (exact) mass is 392 g/mol. The Bertz CT molecular complexity index is 923. The second kappa shape index (κ2) is 6.94. The van der Waals surface area contributed by atoms with Crippen LogP contribution in [0.25, 0.3) is 0 Å². The van der Waals surface area contributed by atoms with E-state index in [1.54, 1.807) is 7.11 Å². The first-order valence-electron chi connectivity index (χ1n) is 10.8. The van der Waals surface area contributed by atoms with Gasteiger partial charge in [0.25, 0.3) is 0 Å². The Morgan fingerprint density at radius 1 is 1.03 bits per heavy atom. The van der Waals surface area contributed by atoms with Crippen LogP contribution in [0.2, 0.25) is 0 Å². The van der Waals surface area contributed by atoms with Gasteiger partial charge >= 0.3 is 0 Å². The normalized spacial score (nSPS) is 34.1. The third kappa shape index (κ3) is 2.92. The molecule has 0 spiro atoms. The van der Waals surface area contributed by atoms with E-state index in [0.29, 0.717) is 37.1 Å². The zero-order valence-corrected chi connectivity index (χ0v) is 17.2. The summed E-state index contributed by atoms with van der Waals surface area (Å²) in [5.74, 6) is 2.09. The van der Waals surface area contributed by atoms with E-state index in [1.165, 1.54) is 16.7 Å². The van der Waals surface area contributed by atoms with Crippen LogP contribution in [0.3, 0.4) is 0 Å². The Labute approximate surface area is 172 Å². The fourth-order valence-electron chi connectivity index (χ4n) is 6.11. The lowest BCUT2D eigenvalue weighted by molar-refractivity contribution is -0.130. The summed E-state index contributed by atoms with van der Waals surface area (Å²) >= 11 is 0. The summed E-state index contributed by atoms with van der Waals surface area (Å²) in [6, 6.07) is 8.10. The molecule has 3 aliphatic carbocycles. The molecule has 2 fully saturated rings. The number of carbonyl (C=O) groups excluding carboxylic acids is 2. The van der Waals surface area contributed by atoms with Crippen LogP contribution >= 0.6 is 0 Å². The Balaban J connectivity index is 1.66. The highest BCUT2D eigenvalue weighted by molar-refractivity contribution is 5.93. The molecule has 1 saturated heterocycles. The van der Waals surface area contributed by atoms with E-state index in [-0.39, 0.29) is 11.9 Å². The van der Waals surface area contributed by atoms with Crippen LogP contribution in [0.1, 0.15) is 57.1 Å². The highest BCUT2D eigenvalue weighted by Gasteiger charge is 2.54. The van der Waals surface area contributed by atoms with E-state index in [2.05, 4.69) is 19.1 Å². The highest BCUT2D eigenvalue weighted by Crippen LogP contribution is 2.57. The first-order chi connectivity index (χ1) is 14.0. The van der Waals surface area contributed by atoms with E-state index in [0.717, 1.165) is 37.0 Å². The SMILES string of the molecule is COc1ccc([C@@H]2OCC3(C)C(=O)CCC3C3CCC4=CC(=O)CCC4=C32)cc1. The lowest BCUT2D eigenvalue weighted by Gasteiger charge is -2.39. The zero-order chi connectivity index (χ0) is 20.2. The summed E-state index contributed by atoms with van der Waals surface area (Å²) in [4.78, 5) is 24.9. The van der Waals surface area contributed by atoms with E-state index >= 15 is 0 Å². The number of hydrogen-bond donors (Lipinski definition) is 0. The number of benzene rings is 1. The van der Waals surface area contributed by atoms with Gasteiger partial charge in [-0.2, -0.15) is 0 Å². The van der Waals surface area contributed by atoms with Crippen molar-refractivity contribution in [2.75, 3.05) is 13.7 Å². The zero-order valence-electron chi connectivity index (χ0n) is 17.2. The number of carbonyl (C=O) groups is 2. The van der Waals surface area contributed by atoms with Crippen LogP contribution in [0.5, 0.6) is 5.75 Å². The summed E-state index contributed by atoms with van der Waals surface area (Å²) < 4.78 is 11.9. The molecule has 1 aromatic carbocycles. The fourth-order valence-corrected chi connectivity index (χ4v) is 6.11. The largest absolute Gasteiger partial charge is 0.497 e. The summed E-state index contributed by atoms with van der Waals surface area (Å²) in [6.45, 7) is 2.58. The average Bonchev–Trinajstić information content (AvgIpc) is 2.95. The molecule has 3 unspecified atom stereocenters. The van der Waals surface area contributed by atoms with Crippen LogP contribution in [0.4, 0.5) is 0 Å². The number of allylic oxidation sites excluding steroid dienone is 3. The molecule has 152 valence electrons. The number of ether oxygens (including phenoxy) is 2. The minimum absolute atomic E-state index is 0.159. The van der Waals surface area contributed by atoms with Crippen molar-refractivity contribution in [3.8, 4) is 5.75 Å². The number of methoxy groups -OCH3 is 1. The van der Waals surface area contributed by atoms with Crippen molar-refractivity contribution in [1.82, 2.24) is 0 Å². The molecule has 4 nitrogen and oxygen atoms in total. The van der Waals surface area contributed by atoms with Gasteiger partial charge in [-0.3, -0.25) is 9.59 Å². The van der Waals surface area contributed by atoms with Gasteiger partial charge in [0.2, 0.25) is 0 Å². The maximum Gasteiger partial charge on any atom is 0.156 e. The molecule has 0 radical (unpaired) electrons. The molecule has 1 heterocycles. The average molecular weight is 392 g/mol. The minimum atomic E-state index is -0.399. The van der Waals surface area contributed by atoms with Crippen molar-refractivity contribution < 1.29 is 19.1 Å². The van der Waals surface area contributed by atoms with Gasteiger partial charge in [-0.05, 0) is 78.0 Å². The molecule has 0 N–H and O–H groups in total. The van der Waals surface area contributed by atoms with Crippen molar-refractivity contribution in [2.24, 2.45) is 17.3 Å². The van der Waals surface area contributed by atoms with Crippen LogP contribution in [-0.2, 0) is 14.3 Å². The third-order valence-corrected chi connectivity index (χ3v) is 7.69. The molecule has 29 heavy (non-hydrogen) atoms. The summed E-state index contributed by atoms with van der Waals surface area (Å²) in [5.41, 5.74) is 4.56. The van der Waals surface area contributed by atoms with Crippen LogP contribution < -0.4 is 4.74 Å². The first-order valence-corrected chi connectivity index (χ1v) is 10.8. The van der Waals surface area contributed by atoms with E-state index in [9.17, 15) is 9.59 Å². The quantitative estimate of drug-likeness (QED) is 0.729. The van der Waals surface area contributed by atoms with Crippen molar-refractivity contribution >= 4 is 11.6 Å². The van der Waals surface area contributed by atoms with Crippen molar-refractivity contribution in [3.63, 3.8) is 0 Å². The number of ketones is 2. The number of hydrogen-bond acceptors (Lipinski definition) is 4. The maximum absolute atomic E-state index is 12.8. The van der Waals surface area contributed by atoms with Gasteiger partial charge in [0.05, 0.1) is 19.1 Å². The smallest absolute Gasteiger partial charge is 0.156 e. The third-order valence-electron chi connectivity index (χ3n) is 7.69. The Hall–Kier alpha value is -2.20. The molecular weight excluding hydrogens is 364 g/mol. The Morgan fingerprint density at radius 3 is 2.59 bits per heavy atom. The predicted octanol–water partition coefficient (Wildman–Crippen LogP) is 4.75. The number of rotatable bonds is 2. The van der Waals surface area contributed by atoms with Crippen LogP contribution in [-0.4, -0.2) is 25.3 Å². The second-order valence-corrected chi connectivity index (χ2v) is 9.16. The molecule has 1 aromatic rings. The molecule has 0 amide bonds.